The highest BCUT2D eigenvalue weighted by molar-refractivity contribution is 5.77. The number of hydrogen-bond acceptors (Lipinski definition) is 3. The molecule has 4 heteroatoms. The number of carbonyl (C=O) groups excluding carboxylic acids is 1. The fourth-order valence-electron chi connectivity index (χ4n) is 2.19. The molecule has 0 aromatic heterocycles. The first-order valence-corrected chi connectivity index (χ1v) is 6.91. The minimum Gasteiger partial charge on any atom is -0.390 e. The molecule has 1 rings (SSSR count). The van der Waals surface area contributed by atoms with Gasteiger partial charge in [-0.1, -0.05) is 6.92 Å². The molecular weight excluding hydrogens is 228 g/mol. The molecule has 1 fully saturated rings. The zero-order valence-electron chi connectivity index (χ0n) is 12.5. The summed E-state index contributed by atoms with van der Waals surface area (Å²) in [7, 11) is 0. The molecule has 0 bridgehead atoms. The Hall–Kier alpha value is -0.610. The maximum Gasteiger partial charge on any atom is 0.225 e. The lowest BCUT2D eigenvalue weighted by Gasteiger charge is -2.42. The number of aliphatic hydroxyl groups is 1. The van der Waals surface area contributed by atoms with E-state index in [2.05, 4.69) is 25.7 Å². The second kappa shape index (κ2) is 5.57. The number of carbonyl (C=O) groups is 1. The van der Waals surface area contributed by atoms with E-state index < -0.39 is 5.60 Å². The Balaban J connectivity index is 2.46. The van der Waals surface area contributed by atoms with Gasteiger partial charge in [0.15, 0.2) is 0 Å². The van der Waals surface area contributed by atoms with Crippen molar-refractivity contribution in [2.75, 3.05) is 26.2 Å². The van der Waals surface area contributed by atoms with E-state index in [9.17, 15) is 9.90 Å². The van der Waals surface area contributed by atoms with Crippen molar-refractivity contribution in [2.45, 2.75) is 58.6 Å². The van der Waals surface area contributed by atoms with Crippen LogP contribution in [0.2, 0.25) is 0 Å². The lowest BCUT2D eigenvalue weighted by Crippen LogP contribution is -2.55. The molecule has 18 heavy (non-hydrogen) atoms. The quantitative estimate of drug-likeness (QED) is 0.832. The van der Waals surface area contributed by atoms with Crippen LogP contribution in [0.4, 0.5) is 0 Å². The number of amides is 1. The van der Waals surface area contributed by atoms with E-state index in [4.69, 9.17) is 0 Å². The van der Waals surface area contributed by atoms with Gasteiger partial charge in [0.1, 0.15) is 0 Å². The van der Waals surface area contributed by atoms with E-state index in [1.165, 1.54) is 0 Å². The number of nitrogens with zero attached hydrogens (tertiary/aromatic N) is 2. The highest BCUT2D eigenvalue weighted by Gasteiger charge is 2.30. The number of piperazine rings is 1. The van der Waals surface area contributed by atoms with Crippen molar-refractivity contribution in [1.29, 1.82) is 0 Å². The maximum absolute atomic E-state index is 12.1. The largest absolute Gasteiger partial charge is 0.390 e. The van der Waals surface area contributed by atoms with Gasteiger partial charge < -0.3 is 10.0 Å². The summed E-state index contributed by atoms with van der Waals surface area (Å²) in [6.45, 7) is 13.6. The first kappa shape index (κ1) is 15.4. The van der Waals surface area contributed by atoms with Crippen LogP contribution in [-0.4, -0.2) is 58.1 Å². The molecule has 0 aromatic rings. The van der Waals surface area contributed by atoms with Crippen molar-refractivity contribution in [3.05, 3.63) is 0 Å². The molecule has 1 aliphatic rings. The average molecular weight is 256 g/mol. The molecule has 1 atom stereocenters. The highest BCUT2D eigenvalue weighted by Crippen LogP contribution is 2.19. The van der Waals surface area contributed by atoms with E-state index in [0.717, 1.165) is 26.2 Å². The van der Waals surface area contributed by atoms with E-state index in [1.807, 2.05) is 11.8 Å². The van der Waals surface area contributed by atoms with Crippen LogP contribution in [-0.2, 0) is 4.79 Å². The normalized spacial score (nSPS) is 21.8. The highest BCUT2D eigenvalue weighted by atomic mass is 16.3. The molecule has 1 heterocycles. The lowest BCUT2D eigenvalue weighted by molar-refractivity contribution is -0.138. The Morgan fingerprint density at radius 3 is 2.00 bits per heavy atom. The van der Waals surface area contributed by atoms with E-state index in [0.29, 0.717) is 6.42 Å². The first-order valence-electron chi connectivity index (χ1n) is 6.91. The van der Waals surface area contributed by atoms with Gasteiger partial charge in [-0.3, -0.25) is 9.69 Å². The molecule has 0 spiro atoms. The maximum atomic E-state index is 12.1. The van der Waals surface area contributed by atoms with Gasteiger partial charge in [-0.15, -0.1) is 0 Å². The van der Waals surface area contributed by atoms with Gasteiger partial charge in [0.2, 0.25) is 5.91 Å². The summed E-state index contributed by atoms with van der Waals surface area (Å²) in [5.74, 6) is 0.0791. The van der Waals surface area contributed by atoms with Gasteiger partial charge >= 0.3 is 0 Å². The lowest BCUT2D eigenvalue weighted by atomic mass is 9.98. The zero-order valence-corrected chi connectivity index (χ0v) is 12.5. The Labute approximate surface area is 111 Å². The van der Waals surface area contributed by atoms with Crippen LogP contribution in [0.5, 0.6) is 0 Å². The van der Waals surface area contributed by atoms with Crippen LogP contribution < -0.4 is 0 Å². The predicted octanol–water partition coefficient (Wildman–Crippen LogP) is 1.48. The third kappa shape index (κ3) is 4.25. The minimum absolute atomic E-state index is 0.0791. The van der Waals surface area contributed by atoms with Crippen LogP contribution in [0.3, 0.4) is 0 Å². The smallest absolute Gasteiger partial charge is 0.225 e. The van der Waals surface area contributed by atoms with Crippen molar-refractivity contribution < 1.29 is 9.90 Å². The monoisotopic (exact) mass is 256 g/mol. The van der Waals surface area contributed by atoms with Gasteiger partial charge in [0, 0.05) is 31.7 Å². The third-order valence-electron chi connectivity index (χ3n) is 3.87. The van der Waals surface area contributed by atoms with Crippen molar-refractivity contribution in [3.63, 3.8) is 0 Å². The molecule has 0 aromatic carbocycles. The molecular formula is C14H28N2O2. The first-order chi connectivity index (χ1) is 8.15. The van der Waals surface area contributed by atoms with Crippen LogP contribution in [0.1, 0.15) is 47.5 Å². The summed E-state index contributed by atoms with van der Waals surface area (Å²) in [5, 5.41) is 9.95. The van der Waals surface area contributed by atoms with Gasteiger partial charge in [-0.25, -0.2) is 0 Å². The van der Waals surface area contributed by atoms with Crippen molar-refractivity contribution in [1.82, 2.24) is 9.80 Å². The Bertz CT molecular complexity index is 287. The summed E-state index contributed by atoms with van der Waals surface area (Å²) < 4.78 is 0. The Kier molecular flexibility index (Phi) is 4.78. The number of hydrogen-bond donors (Lipinski definition) is 1. The topological polar surface area (TPSA) is 43.8 Å². The molecule has 1 saturated heterocycles. The van der Waals surface area contributed by atoms with Crippen molar-refractivity contribution in [3.8, 4) is 0 Å². The standard InChI is InChI=1S/C14H28N2O2/c1-6-14(5,18)11-12(17)15-7-9-16(10-8-15)13(2,3)4/h18H,6-11H2,1-5H3. The van der Waals surface area contributed by atoms with E-state index in [1.54, 1.807) is 6.92 Å². The summed E-state index contributed by atoms with van der Waals surface area (Å²) >= 11 is 0. The minimum atomic E-state index is -0.863. The van der Waals surface area contributed by atoms with Gasteiger partial charge in [0.05, 0.1) is 12.0 Å². The van der Waals surface area contributed by atoms with E-state index in [-0.39, 0.29) is 17.9 Å². The van der Waals surface area contributed by atoms with Crippen molar-refractivity contribution in [2.24, 2.45) is 0 Å². The zero-order chi connectivity index (χ0) is 14.0. The predicted molar refractivity (Wildman–Crippen MR) is 73.4 cm³/mol. The molecule has 1 amide bonds. The molecule has 1 N–H and O–H groups in total. The third-order valence-corrected chi connectivity index (χ3v) is 3.87. The second-order valence-corrected chi connectivity index (χ2v) is 6.57. The van der Waals surface area contributed by atoms with E-state index >= 15 is 0 Å². The SMILES string of the molecule is CCC(C)(O)CC(=O)N1CCN(C(C)(C)C)CC1. The van der Waals surface area contributed by atoms with Gasteiger partial charge in [-0.2, -0.15) is 0 Å². The molecule has 4 nitrogen and oxygen atoms in total. The summed E-state index contributed by atoms with van der Waals surface area (Å²) in [6.07, 6.45) is 0.847. The molecule has 1 unspecified atom stereocenters. The fraction of sp³-hybridized carbons (Fsp3) is 0.929. The summed E-state index contributed by atoms with van der Waals surface area (Å²) in [5.41, 5.74) is -0.692. The molecule has 1 aliphatic heterocycles. The Morgan fingerprint density at radius 2 is 1.61 bits per heavy atom. The number of rotatable bonds is 3. The average Bonchev–Trinajstić information content (AvgIpc) is 2.27. The summed E-state index contributed by atoms with van der Waals surface area (Å²) in [4.78, 5) is 16.4. The Morgan fingerprint density at radius 1 is 1.11 bits per heavy atom. The second-order valence-electron chi connectivity index (χ2n) is 6.57. The van der Waals surface area contributed by atoms with Crippen LogP contribution in [0, 0.1) is 0 Å². The van der Waals surface area contributed by atoms with Gasteiger partial charge in [-0.05, 0) is 34.1 Å². The van der Waals surface area contributed by atoms with Gasteiger partial charge in [0.25, 0.3) is 0 Å². The molecule has 106 valence electrons. The van der Waals surface area contributed by atoms with Crippen LogP contribution in [0.15, 0.2) is 0 Å². The molecule has 0 radical (unpaired) electrons. The molecule has 0 saturated carbocycles. The molecule has 0 aliphatic carbocycles. The van der Waals surface area contributed by atoms with Crippen LogP contribution >= 0.6 is 0 Å². The summed E-state index contributed by atoms with van der Waals surface area (Å²) in [6, 6.07) is 0. The fourth-order valence-corrected chi connectivity index (χ4v) is 2.19. The van der Waals surface area contributed by atoms with Crippen molar-refractivity contribution >= 4 is 5.91 Å². The van der Waals surface area contributed by atoms with Crippen LogP contribution in [0.25, 0.3) is 0 Å².